The van der Waals surface area contributed by atoms with Crippen LogP contribution in [0.3, 0.4) is 0 Å². The smallest absolute Gasteiger partial charge is 0.230 e. The zero-order chi connectivity index (χ0) is 25.9. The van der Waals surface area contributed by atoms with E-state index in [9.17, 15) is 18.0 Å². The van der Waals surface area contributed by atoms with Crippen molar-refractivity contribution in [1.82, 2.24) is 4.98 Å². The van der Waals surface area contributed by atoms with E-state index in [1.54, 1.807) is 67.6 Å². The van der Waals surface area contributed by atoms with E-state index in [4.69, 9.17) is 23.2 Å². The SMILES string of the molecule is CCS(=O)(=O)c1ccc(CC(=O)Nc2nc(-c3ccccc3Cl)c(C(=O)c3ccccc3Cl)s2)cc1. The van der Waals surface area contributed by atoms with Crippen LogP contribution in [-0.4, -0.2) is 30.8 Å². The normalized spacial score (nSPS) is 11.3. The Hall–Kier alpha value is -3.04. The molecular weight excluding hydrogens is 539 g/mol. The van der Waals surface area contributed by atoms with Crippen LogP contribution in [0, 0.1) is 0 Å². The Morgan fingerprint density at radius 1 is 0.917 bits per heavy atom. The van der Waals surface area contributed by atoms with Gasteiger partial charge in [-0.3, -0.25) is 9.59 Å². The van der Waals surface area contributed by atoms with Gasteiger partial charge in [-0.05, 0) is 35.9 Å². The Balaban J connectivity index is 1.62. The second kappa shape index (κ2) is 10.9. The van der Waals surface area contributed by atoms with Crippen molar-refractivity contribution in [1.29, 1.82) is 0 Å². The van der Waals surface area contributed by atoms with Crippen LogP contribution in [0.2, 0.25) is 10.0 Å². The van der Waals surface area contributed by atoms with E-state index in [1.807, 2.05) is 0 Å². The zero-order valence-corrected chi connectivity index (χ0v) is 22.1. The van der Waals surface area contributed by atoms with Crippen molar-refractivity contribution < 1.29 is 18.0 Å². The van der Waals surface area contributed by atoms with Crippen LogP contribution in [0.5, 0.6) is 0 Å². The second-order valence-corrected chi connectivity index (χ2v) is 11.8. The Kier molecular flexibility index (Phi) is 7.90. The van der Waals surface area contributed by atoms with E-state index in [-0.39, 0.29) is 33.9 Å². The molecule has 4 aromatic rings. The third-order valence-corrected chi connectivity index (χ3v) is 8.73. The van der Waals surface area contributed by atoms with Crippen molar-refractivity contribution in [2.24, 2.45) is 0 Å². The van der Waals surface area contributed by atoms with Crippen molar-refractivity contribution in [2.45, 2.75) is 18.2 Å². The molecule has 6 nitrogen and oxygen atoms in total. The topological polar surface area (TPSA) is 93.2 Å². The number of nitrogens with one attached hydrogen (secondary N) is 1. The summed E-state index contributed by atoms with van der Waals surface area (Å²) in [6.07, 6.45) is 0.00124. The molecule has 0 bridgehead atoms. The second-order valence-electron chi connectivity index (χ2n) is 7.76. The molecular formula is C26H20Cl2N2O4S2. The summed E-state index contributed by atoms with van der Waals surface area (Å²) < 4.78 is 24.0. The minimum Gasteiger partial charge on any atom is -0.302 e. The van der Waals surface area contributed by atoms with E-state index < -0.39 is 9.84 Å². The molecule has 1 N–H and O–H groups in total. The van der Waals surface area contributed by atoms with Crippen molar-refractivity contribution in [2.75, 3.05) is 11.1 Å². The van der Waals surface area contributed by atoms with Crippen LogP contribution in [0.1, 0.15) is 27.7 Å². The Morgan fingerprint density at radius 3 is 2.19 bits per heavy atom. The third kappa shape index (κ3) is 5.68. The molecule has 36 heavy (non-hydrogen) atoms. The molecule has 0 fully saturated rings. The number of halogens is 2. The maximum Gasteiger partial charge on any atom is 0.230 e. The van der Waals surface area contributed by atoms with Gasteiger partial charge in [-0.1, -0.05) is 83.9 Å². The van der Waals surface area contributed by atoms with Gasteiger partial charge in [-0.2, -0.15) is 0 Å². The molecule has 0 radical (unpaired) electrons. The van der Waals surface area contributed by atoms with Crippen molar-refractivity contribution in [3.8, 4) is 11.3 Å². The van der Waals surface area contributed by atoms with Crippen LogP contribution in [-0.2, 0) is 21.1 Å². The van der Waals surface area contributed by atoms with E-state index in [1.165, 1.54) is 12.1 Å². The van der Waals surface area contributed by atoms with Gasteiger partial charge in [0.15, 0.2) is 15.0 Å². The summed E-state index contributed by atoms with van der Waals surface area (Å²) in [5.41, 5.74) is 1.85. The maximum absolute atomic E-state index is 13.4. The lowest BCUT2D eigenvalue weighted by atomic mass is 10.0. The summed E-state index contributed by atoms with van der Waals surface area (Å²) in [5.74, 6) is -0.696. The van der Waals surface area contributed by atoms with Crippen molar-refractivity contribution in [3.63, 3.8) is 0 Å². The van der Waals surface area contributed by atoms with Gasteiger partial charge >= 0.3 is 0 Å². The molecule has 4 rings (SSSR count). The number of thiazole rings is 1. The van der Waals surface area contributed by atoms with Gasteiger partial charge in [0.1, 0.15) is 4.88 Å². The Labute approximate surface area is 222 Å². The molecule has 0 saturated carbocycles. The fourth-order valence-corrected chi connectivity index (χ4v) is 5.74. The molecule has 184 valence electrons. The first kappa shape index (κ1) is 26.0. The number of aromatic nitrogens is 1. The van der Waals surface area contributed by atoms with Crippen LogP contribution in [0.4, 0.5) is 5.13 Å². The fraction of sp³-hybridized carbons (Fsp3) is 0.115. The van der Waals surface area contributed by atoms with Crippen LogP contribution < -0.4 is 5.32 Å². The van der Waals surface area contributed by atoms with Gasteiger partial charge in [0.25, 0.3) is 0 Å². The maximum atomic E-state index is 13.4. The first-order valence-electron chi connectivity index (χ1n) is 10.9. The van der Waals surface area contributed by atoms with Crippen LogP contribution in [0.25, 0.3) is 11.3 Å². The number of carbonyl (C=O) groups excluding carboxylic acids is 2. The molecule has 1 heterocycles. The van der Waals surface area contributed by atoms with Gasteiger partial charge in [0, 0.05) is 11.1 Å². The number of hydrogen-bond donors (Lipinski definition) is 1. The quantitative estimate of drug-likeness (QED) is 0.255. The van der Waals surface area contributed by atoms with E-state index in [0.29, 0.717) is 37.3 Å². The molecule has 0 unspecified atom stereocenters. The number of ketones is 1. The minimum atomic E-state index is -3.32. The lowest BCUT2D eigenvalue weighted by Crippen LogP contribution is -2.14. The van der Waals surface area contributed by atoms with Crippen molar-refractivity contribution in [3.05, 3.63) is 98.8 Å². The van der Waals surface area contributed by atoms with E-state index >= 15 is 0 Å². The Morgan fingerprint density at radius 2 is 1.56 bits per heavy atom. The molecule has 0 aliphatic carbocycles. The first-order chi connectivity index (χ1) is 17.2. The average Bonchev–Trinajstić information content (AvgIpc) is 3.27. The van der Waals surface area contributed by atoms with Crippen LogP contribution in [0.15, 0.2) is 77.7 Å². The number of carbonyl (C=O) groups is 2. The average molecular weight is 559 g/mol. The number of nitrogens with zero attached hydrogens (tertiary/aromatic N) is 1. The van der Waals surface area contributed by atoms with Gasteiger partial charge in [0.2, 0.25) is 11.7 Å². The number of hydrogen-bond acceptors (Lipinski definition) is 6. The molecule has 1 amide bonds. The highest BCUT2D eigenvalue weighted by molar-refractivity contribution is 7.91. The molecule has 0 aliphatic heterocycles. The molecule has 0 spiro atoms. The fourth-order valence-electron chi connectivity index (χ4n) is 3.46. The number of benzene rings is 3. The monoisotopic (exact) mass is 558 g/mol. The highest BCUT2D eigenvalue weighted by Crippen LogP contribution is 2.37. The number of sulfone groups is 1. The summed E-state index contributed by atoms with van der Waals surface area (Å²) in [5, 5.41) is 3.69. The zero-order valence-electron chi connectivity index (χ0n) is 19.0. The number of anilines is 1. The first-order valence-corrected chi connectivity index (χ1v) is 14.1. The standard InChI is InChI=1S/C26H20Cl2N2O4S2/c1-2-36(33,34)17-13-11-16(12-14-17)15-22(31)29-26-30-23(18-7-3-5-9-20(18)27)25(35-26)24(32)19-8-4-6-10-21(19)28/h3-14H,2,15H2,1H3,(H,29,30,31). The molecule has 1 aromatic heterocycles. The van der Waals surface area contributed by atoms with E-state index in [0.717, 1.165) is 11.3 Å². The van der Waals surface area contributed by atoms with Gasteiger partial charge in [0.05, 0.1) is 32.8 Å². The highest BCUT2D eigenvalue weighted by Gasteiger charge is 2.24. The van der Waals surface area contributed by atoms with Crippen molar-refractivity contribution >= 4 is 61.2 Å². The van der Waals surface area contributed by atoms with Crippen LogP contribution >= 0.6 is 34.5 Å². The summed E-state index contributed by atoms with van der Waals surface area (Å²) in [6, 6.07) is 19.9. The molecule has 10 heteroatoms. The molecule has 0 aliphatic rings. The largest absolute Gasteiger partial charge is 0.302 e. The van der Waals surface area contributed by atoms with Gasteiger partial charge < -0.3 is 5.32 Å². The molecule has 3 aromatic carbocycles. The minimum absolute atomic E-state index is 0.000108. The highest BCUT2D eigenvalue weighted by atomic mass is 35.5. The summed E-state index contributed by atoms with van der Waals surface area (Å²) in [4.78, 5) is 31.1. The number of rotatable bonds is 8. The predicted octanol–water partition coefficient (Wildman–Crippen LogP) is 6.32. The predicted molar refractivity (Wildman–Crippen MR) is 144 cm³/mol. The summed E-state index contributed by atoms with van der Waals surface area (Å²) in [6.45, 7) is 1.58. The van der Waals surface area contributed by atoms with E-state index in [2.05, 4.69) is 10.3 Å². The lowest BCUT2D eigenvalue weighted by Gasteiger charge is -2.05. The summed E-state index contributed by atoms with van der Waals surface area (Å²) >= 11 is 13.7. The lowest BCUT2D eigenvalue weighted by molar-refractivity contribution is -0.115. The third-order valence-electron chi connectivity index (χ3n) is 5.35. The number of amides is 1. The summed E-state index contributed by atoms with van der Waals surface area (Å²) in [7, 11) is -3.32. The Bertz CT molecular complexity index is 1550. The molecule has 0 saturated heterocycles. The van der Waals surface area contributed by atoms with Gasteiger partial charge in [-0.25, -0.2) is 13.4 Å². The van der Waals surface area contributed by atoms with Gasteiger partial charge in [-0.15, -0.1) is 0 Å². The molecule has 0 atom stereocenters.